The van der Waals surface area contributed by atoms with Crippen LogP contribution in [0.25, 0.3) is 0 Å². The molecule has 0 radical (unpaired) electrons. The number of anilines is 4. The maximum Gasteiger partial charge on any atom is 0.421 e. The minimum atomic E-state index is -4.61. The normalized spacial score (nSPS) is 12.8. The van der Waals surface area contributed by atoms with Gasteiger partial charge in [0.25, 0.3) is 0 Å². The molecule has 0 amide bonds. The highest BCUT2D eigenvalue weighted by molar-refractivity contribution is 5.64. The smallest absolute Gasteiger partial charge is 0.421 e. The van der Waals surface area contributed by atoms with Crippen LogP contribution in [0.3, 0.4) is 0 Å². The van der Waals surface area contributed by atoms with Crippen molar-refractivity contribution in [1.29, 1.82) is 0 Å². The molecule has 0 bridgehead atoms. The molecule has 3 aromatic rings. The summed E-state index contributed by atoms with van der Waals surface area (Å²) in [6, 6.07) is 14.4. The molecule has 0 saturated heterocycles. The summed E-state index contributed by atoms with van der Waals surface area (Å²) in [7, 11) is 0. The van der Waals surface area contributed by atoms with E-state index in [2.05, 4.69) is 34.4 Å². The molecular weight excluding hydrogens is 429 g/mol. The molecule has 2 aromatic carbocycles. The molecular formula is C25H29F3N4O. The van der Waals surface area contributed by atoms with Crippen LogP contribution in [0, 0.1) is 0 Å². The Bertz CT molecular complexity index is 1080. The molecule has 0 spiro atoms. The Labute approximate surface area is 192 Å². The molecule has 5 nitrogen and oxygen atoms in total. The standard InChI is InChI=1S/C25H29F3N4O/c1-6-16(2)17-10-12-18(13-11-17)31-23-29-15-21(25(26,27)28)22(32-23)30-19-8-7-9-20(14-19)33-24(3,4)5/h7-16H,6H2,1-5H3,(H2,29,30,31,32). The average molecular weight is 459 g/mol. The highest BCUT2D eigenvalue weighted by atomic mass is 19.4. The quantitative estimate of drug-likeness (QED) is 0.380. The lowest BCUT2D eigenvalue weighted by molar-refractivity contribution is -0.137. The molecule has 0 fully saturated rings. The first-order valence-corrected chi connectivity index (χ1v) is 10.8. The van der Waals surface area contributed by atoms with Crippen LogP contribution in [-0.2, 0) is 6.18 Å². The van der Waals surface area contributed by atoms with Crippen molar-refractivity contribution in [3.63, 3.8) is 0 Å². The number of benzene rings is 2. The van der Waals surface area contributed by atoms with Gasteiger partial charge in [0.15, 0.2) is 0 Å². The van der Waals surface area contributed by atoms with Gasteiger partial charge in [0.1, 0.15) is 22.7 Å². The Kier molecular flexibility index (Phi) is 7.15. The SMILES string of the molecule is CCC(C)c1ccc(Nc2ncc(C(F)(F)F)c(Nc3cccc(OC(C)(C)C)c3)n2)cc1. The summed E-state index contributed by atoms with van der Waals surface area (Å²) in [5.41, 5.74) is 0.906. The zero-order valence-electron chi connectivity index (χ0n) is 19.4. The van der Waals surface area contributed by atoms with Crippen LogP contribution >= 0.6 is 0 Å². The third-order valence-corrected chi connectivity index (χ3v) is 4.96. The Morgan fingerprint density at radius 2 is 1.67 bits per heavy atom. The van der Waals surface area contributed by atoms with Gasteiger partial charge in [-0.2, -0.15) is 18.2 Å². The van der Waals surface area contributed by atoms with Gasteiger partial charge in [0.05, 0.1) is 0 Å². The van der Waals surface area contributed by atoms with E-state index < -0.39 is 17.3 Å². The van der Waals surface area contributed by atoms with Crippen molar-refractivity contribution in [3.8, 4) is 5.75 Å². The van der Waals surface area contributed by atoms with Gasteiger partial charge in [-0.3, -0.25) is 0 Å². The van der Waals surface area contributed by atoms with Crippen LogP contribution in [0.5, 0.6) is 5.75 Å². The number of nitrogens with zero attached hydrogens (tertiary/aromatic N) is 2. The molecule has 8 heteroatoms. The van der Waals surface area contributed by atoms with E-state index in [1.165, 1.54) is 5.56 Å². The predicted octanol–water partition coefficient (Wildman–Crippen LogP) is 7.67. The first-order chi connectivity index (χ1) is 15.4. The second kappa shape index (κ2) is 9.68. The number of rotatable bonds is 7. The summed E-state index contributed by atoms with van der Waals surface area (Å²) >= 11 is 0. The van der Waals surface area contributed by atoms with Gasteiger partial charge >= 0.3 is 6.18 Å². The summed E-state index contributed by atoms with van der Waals surface area (Å²) in [5, 5.41) is 5.75. The zero-order chi connectivity index (χ0) is 24.2. The van der Waals surface area contributed by atoms with Crippen molar-refractivity contribution in [1.82, 2.24) is 9.97 Å². The van der Waals surface area contributed by atoms with Crippen molar-refractivity contribution >= 4 is 23.1 Å². The van der Waals surface area contributed by atoms with Crippen molar-refractivity contribution in [2.75, 3.05) is 10.6 Å². The minimum absolute atomic E-state index is 0.0592. The van der Waals surface area contributed by atoms with Crippen molar-refractivity contribution in [2.24, 2.45) is 0 Å². The second-order valence-corrected chi connectivity index (χ2v) is 8.88. The average Bonchev–Trinajstić information content (AvgIpc) is 2.72. The van der Waals surface area contributed by atoms with Gasteiger partial charge in [-0.05, 0) is 62.9 Å². The van der Waals surface area contributed by atoms with Gasteiger partial charge in [0.2, 0.25) is 5.95 Å². The molecule has 1 atom stereocenters. The summed E-state index contributed by atoms with van der Waals surface area (Å²) in [6.45, 7) is 9.94. The van der Waals surface area contributed by atoms with Gasteiger partial charge in [-0.15, -0.1) is 0 Å². The number of ether oxygens (including phenoxy) is 1. The van der Waals surface area contributed by atoms with Crippen molar-refractivity contribution in [3.05, 3.63) is 65.9 Å². The Morgan fingerprint density at radius 3 is 2.27 bits per heavy atom. The van der Waals surface area contributed by atoms with Crippen LogP contribution in [0.2, 0.25) is 0 Å². The number of hydrogen-bond donors (Lipinski definition) is 2. The zero-order valence-corrected chi connectivity index (χ0v) is 19.4. The lowest BCUT2D eigenvalue weighted by Crippen LogP contribution is -2.22. The molecule has 0 saturated carbocycles. The molecule has 0 aliphatic heterocycles. The number of halogens is 3. The highest BCUT2D eigenvalue weighted by Gasteiger charge is 2.35. The first-order valence-electron chi connectivity index (χ1n) is 10.8. The van der Waals surface area contributed by atoms with Crippen LogP contribution in [-0.4, -0.2) is 15.6 Å². The molecule has 33 heavy (non-hydrogen) atoms. The molecule has 1 aromatic heterocycles. The van der Waals surface area contributed by atoms with E-state index in [0.717, 1.165) is 12.6 Å². The van der Waals surface area contributed by atoms with Gasteiger partial charge in [-0.1, -0.05) is 32.0 Å². The fourth-order valence-corrected chi connectivity index (χ4v) is 3.13. The molecule has 2 N–H and O–H groups in total. The number of alkyl halides is 3. The monoisotopic (exact) mass is 458 g/mol. The van der Waals surface area contributed by atoms with Crippen LogP contribution in [0.15, 0.2) is 54.7 Å². The molecule has 0 aliphatic rings. The summed E-state index contributed by atoms with van der Waals surface area (Å²) in [6.07, 6.45) is -2.81. The van der Waals surface area contributed by atoms with Crippen molar-refractivity contribution < 1.29 is 17.9 Å². The van der Waals surface area contributed by atoms with Crippen molar-refractivity contribution in [2.45, 2.75) is 58.7 Å². The number of hydrogen-bond acceptors (Lipinski definition) is 5. The Hall–Kier alpha value is -3.29. The molecule has 1 heterocycles. The van der Waals surface area contributed by atoms with E-state index >= 15 is 0 Å². The second-order valence-electron chi connectivity index (χ2n) is 8.88. The van der Waals surface area contributed by atoms with E-state index in [1.54, 1.807) is 24.3 Å². The third kappa shape index (κ3) is 6.84. The molecule has 176 valence electrons. The van der Waals surface area contributed by atoms with E-state index in [1.807, 2.05) is 45.0 Å². The fourth-order valence-electron chi connectivity index (χ4n) is 3.13. The largest absolute Gasteiger partial charge is 0.488 e. The van der Waals surface area contributed by atoms with Gasteiger partial charge in [-0.25, -0.2) is 4.98 Å². The molecule has 3 rings (SSSR count). The first kappa shape index (κ1) is 24.4. The van der Waals surface area contributed by atoms with Gasteiger partial charge < -0.3 is 15.4 Å². The van der Waals surface area contributed by atoms with E-state index in [9.17, 15) is 13.2 Å². The fraction of sp³-hybridized carbons (Fsp3) is 0.360. The van der Waals surface area contributed by atoms with Crippen LogP contribution < -0.4 is 15.4 Å². The Balaban J connectivity index is 1.87. The van der Waals surface area contributed by atoms with Crippen LogP contribution in [0.1, 0.15) is 58.1 Å². The van der Waals surface area contributed by atoms with E-state index in [4.69, 9.17) is 4.74 Å². The third-order valence-electron chi connectivity index (χ3n) is 4.96. The predicted molar refractivity (Wildman–Crippen MR) is 126 cm³/mol. The highest BCUT2D eigenvalue weighted by Crippen LogP contribution is 2.36. The number of aromatic nitrogens is 2. The lowest BCUT2D eigenvalue weighted by Gasteiger charge is -2.22. The van der Waals surface area contributed by atoms with Crippen LogP contribution in [0.4, 0.5) is 36.3 Å². The summed E-state index contributed by atoms with van der Waals surface area (Å²) in [4.78, 5) is 7.99. The maximum absolute atomic E-state index is 13.6. The van der Waals surface area contributed by atoms with E-state index in [0.29, 0.717) is 23.0 Å². The topological polar surface area (TPSA) is 59.1 Å². The maximum atomic E-state index is 13.6. The van der Waals surface area contributed by atoms with Gasteiger partial charge in [0, 0.05) is 23.6 Å². The lowest BCUT2D eigenvalue weighted by atomic mass is 9.99. The molecule has 0 aliphatic carbocycles. The Morgan fingerprint density at radius 1 is 0.970 bits per heavy atom. The summed E-state index contributed by atoms with van der Waals surface area (Å²) in [5.74, 6) is 0.679. The van der Waals surface area contributed by atoms with E-state index in [-0.39, 0.29) is 11.8 Å². The molecule has 1 unspecified atom stereocenters. The minimum Gasteiger partial charge on any atom is -0.488 e. The number of nitrogens with one attached hydrogen (secondary N) is 2. The summed E-state index contributed by atoms with van der Waals surface area (Å²) < 4.78 is 46.6.